The number of aliphatic hydroxyl groups is 3. The van der Waals surface area contributed by atoms with Crippen LogP contribution in [-0.4, -0.2) is 156 Å². The summed E-state index contributed by atoms with van der Waals surface area (Å²) in [6.45, 7) is -0.550. The molecule has 2 heterocycles. The maximum absolute atomic E-state index is 13.7. The van der Waals surface area contributed by atoms with Crippen LogP contribution in [0.1, 0.15) is 30.5 Å². The van der Waals surface area contributed by atoms with E-state index in [1.54, 1.807) is 0 Å². The first kappa shape index (κ1) is 51.8. The average Bonchev–Trinajstić information content (AvgIpc) is 3.56. The molecule has 6 N–H and O–H groups in total. The molecule has 2 aliphatic rings. The van der Waals surface area contributed by atoms with Crippen molar-refractivity contribution in [2.75, 3.05) is 41.2 Å². The van der Waals surface area contributed by atoms with Gasteiger partial charge < -0.3 is 82.7 Å². The topological polar surface area (TPSA) is 308 Å². The predicted molar refractivity (Wildman–Crippen MR) is 230 cm³/mol. The van der Waals surface area contributed by atoms with Crippen LogP contribution in [0.15, 0.2) is 72.8 Å². The summed E-state index contributed by atoms with van der Waals surface area (Å²) in [5.74, 6) is -8.07. The van der Waals surface area contributed by atoms with E-state index in [0.717, 1.165) is 32.1 Å². The van der Waals surface area contributed by atoms with Gasteiger partial charge in [0.05, 0.1) is 21.3 Å². The summed E-state index contributed by atoms with van der Waals surface area (Å²) in [4.78, 5) is 64.2. The SMILES string of the molecule is COc1cc(/C=C/C(=O)OC[C@@H]2O[C@](COC(=O)/C=C/c3ccc(O)c(OC)c3)(O[C@@H]3O[C@@H](COC(C)=O)[C@H](O)[C@@H](O)[C@H]3OC(C)=O)[C@H](OC(=O)/C=C/c3ccc(O)c(OC)c3)[C@H]2O)ccc1O. The Kier molecular flexibility index (Phi) is 17.9. The molecule has 22 nitrogen and oxygen atoms in total. The predicted octanol–water partition coefficient (Wildman–Crippen LogP) is 1.68. The second kappa shape index (κ2) is 23.5. The van der Waals surface area contributed by atoms with Crippen LogP contribution in [-0.2, 0) is 61.9 Å². The van der Waals surface area contributed by atoms with E-state index in [4.69, 9.17) is 52.1 Å². The number of carbonyl (C=O) groups excluding carboxylic acids is 5. The third-order valence-electron chi connectivity index (χ3n) is 10.1. The fraction of sp³-hybridized carbons (Fsp3) is 0.370. The number of benzene rings is 3. The van der Waals surface area contributed by atoms with Gasteiger partial charge in [0.2, 0.25) is 12.1 Å². The van der Waals surface area contributed by atoms with E-state index in [-0.39, 0.29) is 34.5 Å². The van der Waals surface area contributed by atoms with Crippen LogP contribution < -0.4 is 14.2 Å². The van der Waals surface area contributed by atoms with Crippen LogP contribution in [0, 0.1) is 0 Å². The summed E-state index contributed by atoms with van der Waals surface area (Å²) in [6, 6.07) is 12.5. The number of aromatic hydroxyl groups is 3. The van der Waals surface area contributed by atoms with Gasteiger partial charge in [0.15, 0.2) is 46.7 Å². The Labute approximate surface area is 388 Å². The number of hydrogen-bond acceptors (Lipinski definition) is 22. The highest BCUT2D eigenvalue weighted by Gasteiger charge is 2.62. The maximum Gasteiger partial charge on any atom is 0.331 e. The molecule has 68 heavy (non-hydrogen) atoms. The van der Waals surface area contributed by atoms with Crippen molar-refractivity contribution in [3.05, 3.63) is 89.5 Å². The average molecular weight is 955 g/mol. The molecular formula is C46H50O22. The summed E-state index contributed by atoms with van der Waals surface area (Å²) in [6.07, 6.45) is -8.49. The summed E-state index contributed by atoms with van der Waals surface area (Å²) >= 11 is 0. The molecule has 2 saturated heterocycles. The van der Waals surface area contributed by atoms with Crippen LogP contribution in [0.4, 0.5) is 0 Å². The van der Waals surface area contributed by atoms with Gasteiger partial charge in [0, 0.05) is 32.1 Å². The van der Waals surface area contributed by atoms with E-state index in [1.165, 1.54) is 94.2 Å². The monoisotopic (exact) mass is 954 g/mol. The van der Waals surface area contributed by atoms with Gasteiger partial charge in [-0.1, -0.05) is 18.2 Å². The molecule has 2 aliphatic heterocycles. The summed E-state index contributed by atoms with van der Waals surface area (Å²) in [7, 11) is 3.96. The largest absolute Gasteiger partial charge is 0.504 e. The summed E-state index contributed by atoms with van der Waals surface area (Å²) in [5, 5.41) is 64.0. The molecule has 0 amide bonds. The molecule has 0 spiro atoms. The number of aliphatic hydroxyl groups excluding tert-OH is 3. The van der Waals surface area contributed by atoms with Gasteiger partial charge in [0.25, 0.3) is 0 Å². The Morgan fingerprint density at radius 3 is 1.53 bits per heavy atom. The standard InChI is InChI=1S/C46H50O22/c1-24(47)61-21-35-40(55)42(57)43(64-25(2)48)45(65-35)68-46(23-63-38(53)16-10-27-7-13-30(50)33(19-27)59-4)44(66-39(54)17-11-28-8-14-31(51)34(20-28)60-5)41(56)36(67-46)22-62-37(52)15-9-26-6-12-29(49)32(18-26)58-3/h6-20,35-36,40-45,49-51,55-57H,21-23H2,1-5H3/b15-9+,16-10+,17-11+/t35-,36-,40-,41-,42+,43+,44+,45-,46+/m0/s1. The molecule has 0 aromatic heterocycles. The molecule has 3 aromatic rings. The molecule has 5 rings (SSSR count). The molecular weight excluding hydrogens is 904 g/mol. The van der Waals surface area contributed by atoms with E-state index in [0.29, 0.717) is 16.7 Å². The number of esters is 5. The lowest BCUT2D eigenvalue weighted by atomic mass is 9.98. The minimum atomic E-state index is -2.73. The minimum absolute atomic E-state index is 0.0668. The molecule has 22 heteroatoms. The van der Waals surface area contributed by atoms with Crippen LogP contribution in [0.2, 0.25) is 0 Å². The second-order valence-corrected chi connectivity index (χ2v) is 14.9. The fourth-order valence-corrected chi connectivity index (χ4v) is 6.72. The molecule has 3 aromatic carbocycles. The molecule has 366 valence electrons. The Morgan fingerprint density at radius 2 is 1.06 bits per heavy atom. The van der Waals surface area contributed by atoms with Crippen molar-refractivity contribution < 1.29 is 107 Å². The highest BCUT2D eigenvalue weighted by atomic mass is 16.8. The maximum atomic E-state index is 13.7. The molecule has 0 bridgehead atoms. The van der Waals surface area contributed by atoms with E-state index < -0.39 is 104 Å². The van der Waals surface area contributed by atoms with Crippen molar-refractivity contribution in [2.45, 2.75) is 68.7 Å². The molecule has 0 radical (unpaired) electrons. The molecule has 0 saturated carbocycles. The lowest BCUT2D eigenvalue weighted by molar-refractivity contribution is -0.383. The van der Waals surface area contributed by atoms with E-state index in [2.05, 4.69) is 0 Å². The van der Waals surface area contributed by atoms with Gasteiger partial charge in [-0.25, -0.2) is 14.4 Å². The van der Waals surface area contributed by atoms with Crippen molar-refractivity contribution >= 4 is 48.1 Å². The van der Waals surface area contributed by atoms with Gasteiger partial charge in [-0.15, -0.1) is 0 Å². The van der Waals surface area contributed by atoms with Crippen LogP contribution in [0.5, 0.6) is 34.5 Å². The highest BCUT2D eigenvalue weighted by molar-refractivity contribution is 5.88. The first-order chi connectivity index (χ1) is 32.4. The number of rotatable bonds is 19. The Bertz CT molecular complexity index is 2370. The zero-order chi connectivity index (χ0) is 49.7. The quantitative estimate of drug-likeness (QED) is 0.0566. The number of hydrogen-bond donors (Lipinski definition) is 6. The summed E-state index contributed by atoms with van der Waals surface area (Å²) < 4.78 is 60.6. The zero-order valence-corrected chi connectivity index (χ0v) is 37.1. The van der Waals surface area contributed by atoms with Crippen molar-refractivity contribution in [2.24, 2.45) is 0 Å². The number of methoxy groups -OCH3 is 3. The van der Waals surface area contributed by atoms with E-state index in [9.17, 15) is 54.6 Å². The number of phenols is 3. The van der Waals surface area contributed by atoms with Gasteiger partial charge >= 0.3 is 29.8 Å². The fourth-order valence-electron chi connectivity index (χ4n) is 6.72. The molecule has 0 aliphatic carbocycles. The normalized spacial score (nSPS) is 24.6. The Morgan fingerprint density at radius 1 is 0.588 bits per heavy atom. The lowest BCUT2D eigenvalue weighted by Crippen LogP contribution is -2.64. The third kappa shape index (κ3) is 13.5. The number of carbonyl (C=O) groups is 5. The first-order valence-electron chi connectivity index (χ1n) is 20.4. The Hall–Kier alpha value is -7.21. The smallest absolute Gasteiger partial charge is 0.331 e. The van der Waals surface area contributed by atoms with Crippen molar-refractivity contribution in [1.82, 2.24) is 0 Å². The van der Waals surface area contributed by atoms with E-state index >= 15 is 0 Å². The minimum Gasteiger partial charge on any atom is -0.504 e. The zero-order valence-electron chi connectivity index (χ0n) is 37.1. The van der Waals surface area contributed by atoms with Gasteiger partial charge in [-0.3, -0.25) is 9.59 Å². The third-order valence-corrected chi connectivity index (χ3v) is 10.1. The van der Waals surface area contributed by atoms with Gasteiger partial charge in [0.1, 0.15) is 50.3 Å². The summed E-state index contributed by atoms with van der Waals surface area (Å²) in [5.41, 5.74) is 1.12. The van der Waals surface area contributed by atoms with E-state index in [1.807, 2.05) is 0 Å². The molecule has 2 fully saturated rings. The van der Waals surface area contributed by atoms with Crippen molar-refractivity contribution in [1.29, 1.82) is 0 Å². The van der Waals surface area contributed by atoms with Crippen LogP contribution in [0.25, 0.3) is 18.2 Å². The van der Waals surface area contributed by atoms with Crippen LogP contribution >= 0.6 is 0 Å². The second-order valence-electron chi connectivity index (χ2n) is 14.9. The first-order valence-corrected chi connectivity index (χ1v) is 20.4. The van der Waals surface area contributed by atoms with Crippen molar-refractivity contribution in [3.8, 4) is 34.5 Å². The van der Waals surface area contributed by atoms with Gasteiger partial charge in [-0.2, -0.15) is 0 Å². The Balaban J connectivity index is 1.53. The number of ether oxygens (including phenoxy) is 11. The van der Waals surface area contributed by atoms with Crippen molar-refractivity contribution in [3.63, 3.8) is 0 Å². The molecule has 9 atom stereocenters. The van der Waals surface area contributed by atoms with Gasteiger partial charge in [-0.05, 0) is 71.3 Å². The number of phenolic OH excluding ortho intramolecular Hbond substituents is 3. The highest BCUT2D eigenvalue weighted by Crippen LogP contribution is 2.40. The lowest BCUT2D eigenvalue weighted by Gasteiger charge is -2.44. The molecule has 0 unspecified atom stereocenters. The van der Waals surface area contributed by atoms with Crippen LogP contribution in [0.3, 0.4) is 0 Å².